The fourth-order valence-corrected chi connectivity index (χ4v) is 1.60. The number of benzene rings is 1. The van der Waals surface area contributed by atoms with E-state index in [1.54, 1.807) is 6.92 Å². The van der Waals surface area contributed by atoms with Crippen molar-refractivity contribution in [3.05, 3.63) is 29.8 Å². The van der Waals surface area contributed by atoms with E-state index in [1.165, 1.54) is 0 Å². The molecule has 1 aromatic rings. The summed E-state index contributed by atoms with van der Waals surface area (Å²) in [7, 11) is 0. The van der Waals surface area contributed by atoms with Crippen LogP contribution in [0.15, 0.2) is 24.3 Å². The zero-order chi connectivity index (χ0) is 13.4. The van der Waals surface area contributed by atoms with Gasteiger partial charge in [-0.3, -0.25) is 4.79 Å². The molecule has 0 bridgehead atoms. The Kier molecular flexibility index (Phi) is 6.39. The lowest BCUT2D eigenvalue weighted by Crippen LogP contribution is -2.27. The second kappa shape index (κ2) is 7.84. The van der Waals surface area contributed by atoms with Crippen molar-refractivity contribution in [2.45, 2.75) is 33.4 Å². The molecule has 18 heavy (non-hydrogen) atoms. The van der Waals surface area contributed by atoms with E-state index in [9.17, 15) is 4.79 Å². The van der Waals surface area contributed by atoms with Gasteiger partial charge in [-0.25, -0.2) is 0 Å². The van der Waals surface area contributed by atoms with Gasteiger partial charge >= 0.3 is 0 Å². The largest absolute Gasteiger partial charge is 0.369 e. The highest BCUT2D eigenvalue weighted by molar-refractivity contribution is 5.93. The zero-order valence-corrected chi connectivity index (χ0v) is 11.3. The molecule has 0 saturated carbocycles. The number of carbonyl (C=O) groups is 1. The van der Waals surface area contributed by atoms with Crippen LogP contribution in [0.3, 0.4) is 0 Å². The number of ether oxygens (including phenoxy) is 1. The summed E-state index contributed by atoms with van der Waals surface area (Å²) in [5, 5.41) is 6.10. The molecule has 1 amide bonds. The van der Waals surface area contributed by atoms with Crippen molar-refractivity contribution in [3.63, 3.8) is 0 Å². The molecule has 0 spiro atoms. The summed E-state index contributed by atoms with van der Waals surface area (Å²) < 4.78 is 5.25. The summed E-state index contributed by atoms with van der Waals surface area (Å²) in [6.07, 6.45) is -0.424. The van der Waals surface area contributed by atoms with Gasteiger partial charge in [0.25, 0.3) is 5.91 Å². The summed E-state index contributed by atoms with van der Waals surface area (Å²) in [4.78, 5) is 11.8. The molecule has 0 heterocycles. The van der Waals surface area contributed by atoms with Crippen molar-refractivity contribution in [3.8, 4) is 0 Å². The second-order valence-electron chi connectivity index (χ2n) is 4.07. The summed E-state index contributed by atoms with van der Waals surface area (Å²) >= 11 is 0. The van der Waals surface area contributed by atoms with Crippen molar-refractivity contribution in [1.29, 1.82) is 0 Å². The van der Waals surface area contributed by atoms with E-state index >= 15 is 0 Å². The zero-order valence-electron chi connectivity index (χ0n) is 11.3. The third kappa shape index (κ3) is 4.85. The molecule has 1 atom stereocenters. The molecule has 4 heteroatoms. The number of nitrogens with one attached hydrogen (secondary N) is 2. The van der Waals surface area contributed by atoms with Crippen LogP contribution >= 0.6 is 0 Å². The van der Waals surface area contributed by atoms with Crippen molar-refractivity contribution in [2.75, 3.05) is 18.5 Å². The van der Waals surface area contributed by atoms with Gasteiger partial charge in [-0.05, 0) is 38.1 Å². The summed E-state index contributed by atoms with van der Waals surface area (Å²) in [5.74, 6) is -0.113. The fraction of sp³-hybridized carbons (Fsp3) is 0.500. The molecule has 1 unspecified atom stereocenters. The molecule has 100 valence electrons. The van der Waals surface area contributed by atoms with Crippen LogP contribution in [-0.2, 0) is 16.1 Å². The van der Waals surface area contributed by atoms with E-state index in [0.717, 1.165) is 24.3 Å². The van der Waals surface area contributed by atoms with Gasteiger partial charge in [0.15, 0.2) is 0 Å². The van der Waals surface area contributed by atoms with Crippen LogP contribution in [-0.4, -0.2) is 25.2 Å². The number of amides is 1. The summed E-state index contributed by atoms with van der Waals surface area (Å²) in [6, 6.07) is 7.82. The minimum absolute atomic E-state index is 0.113. The number of hydrogen-bond acceptors (Lipinski definition) is 3. The van der Waals surface area contributed by atoms with Gasteiger partial charge in [-0.1, -0.05) is 19.1 Å². The standard InChI is InChI=1S/C14H22N2O2/c1-4-15-10-12-7-6-8-13(9-12)16-14(17)11(3)18-5-2/h6-9,11,15H,4-5,10H2,1-3H3,(H,16,17). The maximum atomic E-state index is 11.8. The topological polar surface area (TPSA) is 50.4 Å². The third-order valence-electron chi connectivity index (χ3n) is 2.56. The number of anilines is 1. The predicted molar refractivity (Wildman–Crippen MR) is 73.5 cm³/mol. The first-order valence-corrected chi connectivity index (χ1v) is 6.39. The molecule has 1 rings (SSSR count). The molecule has 0 aliphatic heterocycles. The Labute approximate surface area is 109 Å². The number of hydrogen-bond donors (Lipinski definition) is 2. The SMILES string of the molecule is CCNCc1cccc(NC(=O)C(C)OCC)c1. The molecule has 0 aliphatic carbocycles. The van der Waals surface area contributed by atoms with E-state index in [2.05, 4.69) is 17.6 Å². The summed E-state index contributed by atoms with van der Waals surface area (Å²) in [5.41, 5.74) is 1.96. The highest BCUT2D eigenvalue weighted by Crippen LogP contribution is 2.11. The Morgan fingerprint density at radius 1 is 1.39 bits per heavy atom. The van der Waals surface area contributed by atoms with Crippen LogP contribution in [0, 0.1) is 0 Å². The first kappa shape index (κ1) is 14.7. The van der Waals surface area contributed by atoms with E-state index in [1.807, 2.05) is 31.2 Å². The van der Waals surface area contributed by atoms with Gasteiger partial charge in [-0.2, -0.15) is 0 Å². The minimum atomic E-state index is -0.424. The molecule has 0 radical (unpaired) electrons. The highest BCUT2D eigenvalue weighted by Gasteiger charge is 2.12. The highest BCUT2D eigenvalue weighted by atomic mass is 16.5. The number of rotatable bonds is 7. The molecule has 2 N–H and O–H groups in total. The van der Waals surface area contributed by atoms with E-state index in [4.69, 9.17) is 4.74 Å². The average molecular weight is 250 g/mol. The maximum absolute atomic E-state index is 11.8. The van der Waals surface area contributed by atoms with E-state index in [-0.39, 0.29) is 5.91 Å². The minimum Gasteiger partial charge on any atom is -0.369 e. The molecule has 0 aliphatic rings. The van der Waals surface area contributed by atoms with Gasteiger partial charge < -0.3 is 15.4 Å². The summed E-state index contributed by atoms with van der Waals surface area (Å²) in [6.45, 7) is 7.96. The Hall–Kier alpha value is -1.39. The fourth-order valence-electron chi connectivity index (χ4n) is 1.60. The quantitative estimate of drug-likeness (QED) is 0.779. The molecule has 1 aromatic carbocycles. The lowest BCUT2D eigenvalue weighted by atomic mass is 10.2. The monoisotopic (exact) mass is 250 g/mol. The predicted octanol–water partition coefficient (Wildman–Crippen LogP) is 2.16. The van der Waals surface area contributed by atoms with Crippen LogP contribution < -0.4 is 10.6 Å². The Balaban J connectivity index is 2.58. The molecule has 4 nitrogen and oxygen atoms in total. The molecule has 0 saturated heterocycles. The average Bonchev–Trinajstić information content (AvgIpc) is 2.37. The molecule has 0 fully saturated rings. The van der Waals surface area contributed by atoms with Crippen LogP contribution in [0.25, 0.3) is 0 Å². The van der Waals surface area contributed by atoms with Gasteiger partial charge in [0.1, 0.15) is 6.10 Å². The van der Waals surface area contributed by atoms with Crippen molar-refractivity contribution < 1.29 is 9.53 Å². The smallest absolute Gasteiger partial charge is 0.253 e. The molecule has 0 aromatic heterocycles. The normalized spacial score (nSPS) is 12.2. The Morgan fingerprint density at radius 3 is 2.83 bits per heavy atom. The Morgan fingerprint density at radius 2 is 2.17 bits per heavy atom. The van der Waals surface area contributed by atoms with Crippen molar-refractivity contribution in [2.24, 2.45) is 0 Å². The van der Waals surface area contributed by atoms with Gasteiger partial charge in [0.05, 0.1) is 0 Å². The number of carbonyl (C=O) groups excluding carboxylic acids is 1. The van der Waals surface area contributed by atoms with E-state index in [0.29, 0.717) is 6.61 Å². The van der Waals surface area contributed by atoms with Gasteiger partial charge in [0, 0.05) is 18.8 Å². The first-order valence-electron chi connectivity index (χ1n) is 6.39. The lowest BCUT2D eigenvalue weighted by Gasteiger charge is -2.12. The van der Waals surface area contributed by atoms with Crippen LogP contribution in [0.1, 0.15) is 26.3 Å². The van der Waals surface area contributed by atoms with Gasteiger partial charge in [-0.15, -0.1) is 0 Å². The Bertz CT molecular complexity index is 380. The first-order chi connectivity index (χ1) is 8.67. The van der Waals surface area contributed by atoms with Crippen LogP contribution in [0.5, 0.6) is 0 Å². The maximum Gasteiger partial charge on any atom is 0.253 e. The molecular weight excluding hydrogens is 228 g/mol. The van der Waals surface area contributed by atoms with Crippen LogP contribution in [0.4, 0.5) is 5.69 Å². The molecular formula is C14H22N2O2. The van der Waals surface area contributed by atoms with Crippen molar-refractivity contribution >= 4 is 11.6 Å². The lowest BCUT2D eigenvalue weighted by molar-refractivity contribution is -0.126. The van der Waals surface area contributed by atoms with Crippen molar-refractivity contribution in [1.82, 2.24) is 5.32 Å². The second-order valence-corrected chi connectivity index (χ2v) is 4.07. The third-order valence-corrected chi connectivity index (χ3v) is 2.56. The van der Waals surface area contributed by atoms with Crippen LogP contribution in [0.2, 0.25) is 0 Å². The van der Waals surface area contributed by atoms with Gasteiger partial charge in [0.2, 0.25) is 0 Å². The van der Waals surface area contributed by atoms with E-state index < -0.39 is 6.10 Å².